The molecule has 1 atom stereocenters. The lowest BCUT2D eigenvalue weighted by Crippen LogP contribution is -2.54. The molecule has 84 valence electrons. The molecule has 0 aromatic rings. The number of nitrogens with one attached hydrogen (secondary N) is 2. The van der Waals surface area contributed by atoms with Gasteiger partial charge in [0.2, 0.25) is 0 Å². The highest BCUT2D eigenvalue weighted by Gasteiger charge is 2.27. The van der Waals surface area contributed by atoms with Crippen LogP contribution in [-0.2, 0) is 0 Å². The molecular weight excluding hydrogens is 180 g/mol. The van der Waals surface area contributed by atoms with Crippen LogP contribution >= 0.6 is 0 Å². The van der Waals surface area contributed by atoms with Crippen LogP contribution in [-0.4, -0.2) is 48.1 Å². The molecule has 1 fully saturated rings. The van der Waals surface area contributed by atoms with Crippen molar-refractivity contribution in [3.05, 3.63) is 0 Å². The summed E-state index contributed by atoms with van der Waals surface area (Å²) in [4.78, 5) is 0. The summed E-state index contributed by atoms with van der Waals surface area (Å²) in [6.07, 6.45) is 3.15. The number of aliphatic hydroxyl groups excluding tert-OH is 2. The van der Waals surface area contributed by atoms with Gasteiger partial charge in [-0.3, -0.25) is 0 Å². The summed E-state index contributed by atoms with van der Waals surface area (Å²) in [6.45, 7) is 3.87. The Morgan fingerprint density at radius 1 is 1.43 bits per heavy atom. The molecule has 1 rings (SSSR count). The van der Waals surface area contributed by atoms with Gasteiger partial charge in [-0.2, -0.15) is 0 Å². The van der Waals surface area contributed by atoms with Gasteiger partial charge in [0.15, 0.2) is 0 Å². The third-order valence-electron chi connectivity index (χ3n) is 3.17. The van der Waals surface area contributed by atoms with Crippen LogP contribution in [0.1, 0.15) is 26.2 Å². The number of hydrogen-bond donors (Lipinski definition) is 4. The molecule has 1 aliphatic heterocycles. The van der Waals surface area contributed by atoms with Gasteiger partial charge in [0.1, 0.15) is 0 Å². The average Bonchev–Trinajstić information content (AvgIpc) is 2.74. The summed E-state index contributed by atoms with van der Waals surface area (Å²) in [5.41, 5.74) is -0.496. The molecule has 0 spiro atoms. The van der Waals surface area contributed by atoms with E-state index in [4.69, 9.17) is 0 Å². The maximum absolute atomic E-state index is 9.21. The Bertz CT molecular complexity index is 146. The molecule has 0 saturated carbocycles. The van der Waals surface area contributed by atoms with E-state index >= 15 is 0 Å². The zero-order chi connectivity index (χ0) is 10.4. The topological polar surface area (TPSA) is 64.5 Å². The van der Waals surface area contributed by atoms with E-state index in [-0.39, 0.29) is 13.2 Å². The molecule has 14 heavy (non-hydrogen) atoms. The summed E-state index contributed by atoms with van der Waals surface area (Å²) in [7, 11) is 0. The van der Waals surface area contributed by atoms with Crippen LogP contribution in [0, 0.1) is 0 Å². The van der Waals surface area contributed by atoms with E-state index in [1.807, 2.05) is 6.92 Å². The summed E-state index contributed by atoms with van der Waals surface area (Å²) < 4.78 is 0. The minimum atomic E-state index is -0.496. The SMILES string of the molecule is CCC(CO)(CO)NCC1CCCN1. The van der Waals surface area contributed by atoms with Gasteiger partial charge in [0, 0.05) is 12.6 Å². The Labute approximate surface area is 85.7 Å². The van der Waals surface area contributed by atoms with Crippen molar-refractivity contribution in [2.75, 3.05) is 26.3 Å². The summed E-state index contributed by atoms with van der Waals surface area (Å²) in [5.74, 6) is 0. The quantitative estimate of drug-likeness (QED) is 0.467. The second kappa shape index (κ2) is 5.66. The van der Waals surface area contributed by atoms with Crippen LogP contribution in [0.25, 0.3) is 0 Å². The highest BCUT2D eigenvalue weighted by atomic mass is 16.3. The van der Waals surface area contributed by atoms with Crippen LogP contribution in [0.5, 0.6) is 0 Å². The van der Waals surface area contributed by atoms with E-state index in [9.17, 15) is 10.2 Å². The van der Waals surface area contributed by atoms with E-state index in [1.54, 1.807) is 0 Å². The van der Waals surface area contributed by atoms with E-state index in [0.29, 0.717) is 6.04 Å². The molecule has 0 aromatic heterocycles. The van der Waals surface area contributed by atoms with Crippen LogP contribution < -0.4 is 10.6 Å². The fourth-order valence-corrected chi connectivity index (χ4v) is 1.78. The Hall–Kier alpha value is -0.160. The van der Waals surface area contributed by atoms with E-state index in [0.717, 1.165) is 19.5 Å². The molecular formula is C10H22N2O2. The summed E-state index contributed by atoms with van der Waals surface area (Å²) in [5, 5.41) is 25.1. The molecule has 1 unspecified atom stereocenters. The molecule has 0 aromatic carbocycles. The van der Waals surface area contributed by atoms with Crippen molar-refractivity contribution in [3.8, 4) is 0 Å². The van der Waals surface area contributed by atoms with Crippen molar-refractivity contribution < 1.29 is 10.2 Å². The smallest absolute Gasteiger partial charge is 0.0646 e. The first kappa shape index (κ1) is 11.9. The second-order valence-electron chi connectivity index (χ2n) is 4.12. The van der Waals surface area contributed by atoms with Crippen LogP contribution in [0.15, 0.2) is 0 Å². The molecule has 1 heterocycles. The van der Waals surface area contributed by atoms with Gasteiger partial charge in [0.25, 0.3) is 0 Å². The first-order chi connectivity index (χ1) is 6.76. The minimum absolute atomic E-state index is 0.00722. The molecule has 0 bridgehead atoms. The van der Waals surface area contributed by atoms with E-state index in [2.05, 4.69) is 10.6 Å². The van der Waals surface area contributed by atoms with Gasteiger partial charge in [0.05, 0.1) is 18.8 Å². The zero-order valence-electron chi connectivity index (χ0n) is 8.92. The van der Waals surface area contributed by atoms with E-state index < -0.39 is 5.54 Å². The van der Waals surface area contributed by atoms with Gasteiger partial charge in [-0.25, -0.2) is 0 Å². The van der Waals surface area contributed by atoms with Crippen molar-refractivity contribution in [1.82, 2.24) is 10.6 Å². The van der Waals surface area contributed by atoms with Crippen molar-refractivity contribution >= 4 is 0 Å². The number of hydrogen-bond acceptors (Lipinski definition) is 4. The largest absolute Gasteiger partial charge is 0.394 e. The maximum atomic E-state index is 9.21. The highest BCUT2D eigenvalue weighted by Crippen LogP contribution is 2.10. The van der Waals surface area contributed by atoms with Crippen molar-refractivity contribution in [2.45, 2.75) is 37.8 Å². The third kappa shape index (κ3) is 2.92. The Balaban J connectivity index is 2.31. The van der Waals surface area contributed by atoms with Crippen LogP contribution in [0.2, 0.25) is 0 Å². The second-order valence-corrected chi connectivity index (χ2v) is 4.12. The molecule has 1 aliphatic rings. The van der Waals surface area contributed by atoms with Gasteiger partial charge < -0.3 is 20.8 Å². The predicted octanol–water partition coefficient (Wildman–Crippen LogP) is -0.539. The fraction of sp³-hybridized carbons (Fsp3) is 1.00. The first-order valence-electron chi connectivity index (χ1n) is 5.46. The van der Waals surface area contributed by atoms with Crippen LogP contribution in [0.3, 0.4) is 0 Å². The Morgan fingerprint density at radius 2 is 2.14 bits per heavy atom. The minimum Gasteiger partial charge on any atom is -0.394 e. The number of rotatable bonds is 6. The first-order valence-corrected chi connectivity index (χ1v) is 5.46. The lowest BCUT2D eigenvalue weighted by molar-refractivity contribution is 0.0861. The predicted molar refractivity (Wildman–Crippen MR) is 56.2 cm³/mol. The molecule has 1 saturated heterocycles. The molecule has 0 radical (unpaired) electrons. The summed E-state index contributed by atoms with van der Waals surface area (Å²) >= 11 is 0. The standard InChI is InChI=1S/C10H22N2O2/c1-2-10(7-13,8-14)12-6-9-4-3-5-11-9/h9,11-14H,2-8H2,1H3. The molecule has 4 nitrogen and oxygen atoms in total. The molecule has 0 aliphatic carbocycles. The Morgan fingerprint density at radius 3 is 2.57 bits per heavy atom. The van der Waals surface area contributed by atoms with E-state index in [1.165, 1.54) is 12.8 Å². The maximum Gasteiger partial charge on any atom is 0.0646 e. The van der Waals surface area contributed by atoms with Crippen molar-refractivity contribution in [1.29, 1.82) is 0 Å². The normalized spacial score (nSPS) is 22.9. The monoisotopic (exact) mass is 202 g/mol. The fourth-order valence-electron chi connectivity index (χ4n) is 1.78. The lowest BCUT2D eigenvalue weighted by atomic mass is 9.98. The molecule has 4 heteroatoms. The number of aliphatic hydroxyl groups is 2. The molecule has 0 amide bonds. The Kier molecular flexibility index (Phi) is 4.81. The van der Waals surface area contributed by atoms with Crippen LogP contribution in [0.4, 0.5) is 0 Å². The van der Waals surface area contributed by atoms with Crippen molar-refractivity contribution in [3.63, 3.8) is 0 Å². The highest BCUT2D eigenvalue weighted by molar-refractivity contribution is 4.88. The van der Waals surface area contributed by atoms with Gasteiger partial charge >= 0.3 is 0 Å². The van der Waals surface area contributed by atoms with Crippen molar-refractivity contribution in [2.24, 2.45) is 0 Å². The van der Waals surface area contributed by atoms with Gasteiger partial charge in [-0.15, -0.1) is 0 Å². The summed E-state index contributed by atoms with van der Waals surface area (Å²) in [6, 6.07) is 0.499. The molecule has 4 N–H and O–H groups in total. The lowest BCUT2D eigenvalue weighted by Gasteiger charge is -2.31. The van der Waals surface area contributed by atoms with Gasteiger partial charge in [-0.1, -0.05) is 6.92 Å². The van der Waals surface area contributed by atoms with Gasteiger partial charge in [-0.05, 0) is 25.8 Å². The zero-order valence-corrected chi connectivity index (χ0v) is 8.92. The third-order valence-corrected chi connectivity index (χ3v) is 3.17. The average molecular weight is 202 g/mol.